The molecule has 0 N–H and O–H groups in total. The van der Waals surface area contributed by atoms with Crippen LogP contribution in [0.5, 0.6) is 0 Å². The maximum Gasteiger partial charge on any atom is 0.338 e. The number of benzene rings is 2. The first kappa shape index (κ1) is 16.6. The lowest BCUT2D eigenvalue weighted by molar-refractivity contribution is -0.384. The highest BCUT2D eigenvalue weighted by Crippen LogP contribution is 2.31. The predicted molar refractivity (Wildman–Crippen MR) is 90.5 cm³/mol. The first-order valence-corrected chi connectivity index (χ1v) is 7.79. The number of para-hydroxylation sites is 1. The Morgan fingerprint density at radius 3 is 2.76 bits per heavy atom. The van der Waals surface area contributed by atoms with Gasteiger partial charge in [-0.05, 0) is 31.0 Å². The number of hydrogen-bond donors (Lipinski definition) is 0. The Morgan fingerprint density at radius 2 is 2.00 bits per heavy atom. The first-order chi connectivity index (χ1) is 12.0. The van der Waals surface area contributed by atoms with Crippen LogP contribution >= 0.6 is 0 Å². The summed E-state index contributed by atoms with van der Waals surface area (Å²) in [6.07, 6.45) is 0.751. The molecule has 0 saturated carbocycles. The number of nitro groups is 1. The molecule has 0 bridgehead atoms. The molecule has 0 radical (unpaired) electrons. The number of nitrogens with zero attached hydrogens (tertiary/aromatic N) is 2. The number of non-ortho nitro benzene ring substituents is 1. The van der Waals surface area contributed by atoms with Crippen LogP contribution in [0, 0.1) is 10.1 Å². The Labute approximate surface area is 144 Å². The number of fused-ring (bicyclic) bond motifs is 1. The van der Waals surface area contributed by atoms with Crippen molar-refractivity contribution in [1.29, 1.82) is 0 Å². The molecule has 2 aromatic rings. The summed E-state index contributed by atoms with van der Waals surface area (Å²) in [6, 6.07) is 12.8. The van der Waals surface area contributed by atoms with E-state index in [2.05, 4.69) is 0 Å². The molecule has 0 unspecified atom stereocenters. The standard InChI is InChI=1S/C18H16N2O5/c1-12-9-13-5-2-3-8-16(13)19(12)17(21)11-25-18(22)14-6-4-7-15(10-14)20(23)24/h2-8,10,12H,9,11H2,1H3/t12-/m1/s1. The number of hydrogen-bond acceptors (Lipinski definition) is 5. The molecule has 25 heavy (non-hydrogen) atoms. The van der Waals surface area contributed by atoms with E-state index >= 15 is 0 Å². The number of nitro benzene ring substituents is 1. The van der Waals surface area contributed by atoms with Crippen LogP contribution in [0.4, 0.5) is 11.4 Å². The highest BCUT2D eigenvalue weighted by atomic mass is 16.6. The second-order valence-electron chi connectivity index (χ2n) is 5.83. The van der Waals surface area contributed by atoms with E-state index in [1.807, 2.05) is 31.2 Å². The van der Waals surface area contributed by atoms with E-state index in [1.165, 1.54) is 18.2 Å². The Hall–Kier alpha value is -3.22. The number of ether oxygens (including phenoxy) is 1. The number of anilines is 1. The molecule has 128 valence electrons. The van der Waals surface area contributed by atoms with Crippen molar-refractivity contribution in [3.05, 3.63) is 69.8 Å². The molecule has 3 rings (SSSR count). The number of amides is 1. The maximum atomic E-state index is 12.5. The second kappa shape index (κ2) is 6.72. The van der Waals surface area contributed by atoms with Gasteiger partial charge in [0.2, 0.25) is 0 Å². The van der Waals surface area contributed by atoms with Crippen molar-refractivity contribution < 1.29 is 19.2 Å². The number of rotatable bonds is 4. The topological polar surface area (TPSA) is 89.8 Å². The third-order valence-corrected chi connectivity index (χ3v) is 4.10. The quantitative estimate of drug-likeness (QED) is 0.485. The van der Waals surface area contributed by atoms with Gasteiger partial charge in [-0.15, -0.1) is 0 Å². The SMILES string of the molecule is C[C@@H]1Cc2ccccc2N1C(=O)COC(=O)c1cccc([N+](=O)[O-])c1. The van der Waals surface area contributed by atoms with Gasteiger partial charge in [-0.25, -0.2) is 4.79 Å². The van der Waals surface area contributed by atoms with Crippen LogP contribution < -0.4 is 4.90 Å². The highest BCUT2D eigenvalue weighted by Gasteiger charge is 2.31. The molecule has 1 aliphatic heterocycles. The van der Waals surface area contributed by atoms with Crippen molar-refractivity contribution in [1.82, 2.24) is 0 Å². The Morgan fingerprint density at radius 1 is 1.24 bits per heavy atom. The van der Waals surface area contributed by atoms with Crippen molar-refractivity contribution in [2.75, 3.05) is 11.5 Å². The van der Waals surface area contributed by atoms with E-state index in [4.69, 9.17) is 4.74 Å². The van der Waals surface area contributed by atoms with Crippen molar-refractivity contribution in [3.63, 3.8) is 0 Å². The molecule has 7 nitrogen and oxygen atoms in total. The largest absolute Gasteiger partial charge is 0.452 e. The molecule has 0 aliphatic carbocycles. The number of carbonyl (C=O) groups is 2. The van der Waals surface area contributed by atoms with Crippen molar-refractivity contribution in [2.45, 2.75) is 19.4 Å². The zero-order chi connectivity index (χ0) is 18.0. The molecule has 0 saturated heterocycles. The number of esters is 1. The summed E-state index contributed by atoms with van der Waals surface area (Å²) >= 11 is 0. The van der Waals surface area contributed by atoms with Gasteiger partial charge in [0.05, 0.1) is 10.5 Å². The van der Waals surface area contributed by atoms with Crippen molar-refractivity contribution >= 4 is 23.3 Å². The fraction of sp³-hybridized carbons (Fsp3) is 0.222. The van der Waals surface area contributed by atoms with Gasteiger partial charge in [0.25, 0.3) is 11.6 Å². The second-order valence-corrected chi connectivity index (χ2v) is 5.83. The third kappa shape index (κ3) is 3.35. The van der Waals surface area contributed by atoms with Gasteiger partial charge < -0.3 is 9.64 Å². The molecule has 2 aromatic carbocycles. The summed E-state index contributed by atoms with van der Waals surface area (Å²) in [6.45, 7) is 1.51. The van der Waals surface area contributed by atoms with E-state index < -0.39 is 17.5 Å². The lowest BCUT2D eigenvalue weighted by atomic mass is 10.1. The molecule has 0 spiro atoms. The molecule has 1 aliphatic rings. The minimum absolute atomic E-state index is 0.0126. The maximum absolute atomic E-state index is 12.5. The van der Waals surface area contributed by atoms with E-state index in [0.717, 1.165) is 23.7 Å². The van der Waals surface area contributed by atoms with Crippen LogP contribution in [0.2, 0.25) is 0 Å². The van der Waals surface area contributed by atoms with Gasteiger partial charge in [0, 0.05) is 23.9 Å². The summed E-state index contributed by atoms with van der Waals surface area (Å²) in [4.78, 5) is 36.3. The zero-order valence-corrected chi connectivity index (χ0v) is 13.5. The van der Waals surface area contributed by atoms with E-state index in [1.54, 1.807) is 4.90 Å². The van der Waals surface area contributed by atoms with Gasteiger partial charge in [-0.2, -0.15) is 0 Å². The van der Waals surface area contributed by atoms with Gasteiger partial charge in [0.1, 0.15) is 0 Å². The molecule has 1 amide bonds. The average molecular weight is 340 g/mol. The molecular formula is C18H16N2O5. The van der Waals surface area contributed by atoms with Crippen molar-refractivity contribution in [3.8, 4) is 0 Å². The monoisotopic (exact) mass is 340 g/mol. The van der Waals surface area contributed by atoms with Gasteiger partial charge >= 0.3 is 5.97 Å². The Bertz CT molecular complexity index is 849. The highest BCUT2D eigenvalue weighted by molar-refractivity contribution is 5.99. The molecule has 1 heterocycles. The normalized spacial score (nSPS) is 15.6. The van der Waals surface area contributed by atoms with E-state index in [9.17, 15) is 19.7 Å². The summed E-state index contributed by atoms with van der Waals surface area (Å²) in [5, 5.41) is 10.8. The third-order valence-electron chi connectivity index (χ3n) is 4.10. The zero-order valence-electron chi connectivity index (χ0n) is 13.5. The van der Waals surface area contributed by atoms with Crippen LogP contribution in [0.25, 0.3) is 0 Å². The van der Waals surface area contributed by atoms with Crippen LogP contribution in [0.15, 0.2) is 48.5 Å². The fourth-order valence-electron chi connectivity index (χ4n) is 2.97. The first-order valence-electron chi connectivity index (χ1n) is 7.79. The molecule has 1 atom stereocenters. The van der Waals surface area contributed by atoms with E-state index in [0.29, 0.717) is 0 Å². The Balaban J connectivity index is 1.67. The van der Waals surface area contributed by atoms with Crippen LogP contribution in [0.3, 0.4) is 0 Å². The minimum Gasteiger partial charge on any atom is -0.452 e. The Kier molecular flexibility index (Phi) is 4.47. The van der Waals surface area contributed by atoms with E-state index in [-0.39, 0.29) is 23.2 Å². The predicted octanol–water partition coefficient (Wildman–Crippen LogP) is 2.73. The lowest BCUT2D eigenvalue weighted by Crippen LogP contribution is -2.38. The molecule has 0 fully saturated rings. The summed E-state index contributed by atoms with van der Waals surface area (Å²) in [5.41, 5.74) is 1.74. The average Bonchev–Trinajstić information content (AvgIpc) is 2.95. The smallest absolute Gasteiger partial charge is 0.338 e. The fourth-order valence-corrected chi connectivity index (χ4v) is 2.97. The molecule has 0 aromatic heterocycles. The van der Waals surface area contributed by atoms with Gasteiger partial charge in [0.15, 0.2) is 6.61 Å². The summed E-state index contributed by atoms with van der Waals surface area (Å²) in [7, 11) is 0. The summed E-state index contributed by atoms with van der Waals surface area (Å²) < 4.78 is 5.05. The summed E-state index contributed by atoms with van der Waals surface area (Å²) in [5.74, 6) is -1.09. The lowest BCUT2D eigenvalue weighted by Gasteiger charge is -2.22. The van der Waals surface area contributed by atoms with Crippen LogP contribution in [-0.4, -0.2) is 29.4 Å². The van der Waals surface area contributed by atoms with Crippen LogP contribution in [-0.2, 0) is 16.0 Å². The van der Waals surface area contributed by atoms with Crippen molar-refractivity contribution in [2.24, 2.45) is 0 Å². The molecule has 7 heteroatoms. The van der Waals surface area contributed by atoms with Gasteiger partial charge in [-0.1, -0.05) is 24.3 Å². The van der Waals surface area contributed by atoms with Gasteiger partial charge in [-0.3, -0.25) is 14.9 Å². The molecular weight excluding hydrogens is 324 g/mol. The number of carbonyl (C=O) groups excluding carboxylic acids is 2. The van der Waals surface area contributed by atoms with Crippen LogP contribution in [0.1, 0.15) is 22.8 Å². The minimum atomic E-state index is -0.766.